The molecule has 64 valence electrons. The average molecular weight is 174 g/mol. The molecule has 0 aliphatic heterocycles. The van der Waals surface area contributed by atoms with E-state index in [0.717, 1.165) is 11.0 Å². The van der Waals surface area contributed by atoms with Crippen molar-refractivity contribution in [3.63, 3.8) is 0 Å². The van der Waals surface area contributed by atoms with Crippen molar-refractivity contribution in [3.05, 3.63) is 30.6 Å². The monoisotopic (exact) mass is 174 g/mol. The van der Waals surface area contributed by atoms with Crippen molar-refractivity contribution in [2.75, 3.05) is 0 Å². The smallest absolute Gasteiger partial charge is 0.504 e. The number of nitrogens with zero attached hydrogens (tertiary/aromatic N) is 2. The maximum Gasteiger partial charge on any atom is 0.504 e. The molecule has 1 heterocycles. The molecule has 0 unspecified atom stereocenters. The minimum atomic E-state index is -0.328. The normalized spacial score (nSPS) is 9.92. The van der Waals surface area contributed by atoms with Gasteiger partial charge in [0.1, 0.15) is 5.75 Å². The van der Waals surface area contributed by atoms with Crippen LogP contribution in [0.2, 0.25) is 0 Å². The van der Waals surface area contributed by atoms with Gasteiger partial charge in [-0.3, -0.25) is 9.97 Å². The van der Waals surface area contributed by atoms with Gasteiger partial charge in [-0.25, -0.2) is 0 Å². The Bertz CT molecular complexity index is 422. The fraction of sp³-hybridized carbons (Fsp3) is 0. The Morgan fingerprint density at radius 3 is 2.69 bits per heavy atom. The number of benzene rings is 1. The molecule has 1 aromatic heterocycles. The fourth-order valence-electron chi connectivity index (χ4n) is 1.11. The predicted octanol–water partition coefficient (Wildman–Crippen LogP) is 0.267. The van der Waals surface area contributed by atoms with Gasteiger partial charge >= 0.3 is 7.69 Å². The van der Waals surface area contributed by atoms with E-state index in [0.29, 0.717) is 5.75 Å². The van der Waals surface area contributed by atoms with Gasteiger partial charge in [0.25, 0.3) is 0 Å². The van der Waals surface area contributed by atoms with Gasteiger partial charge in [0, 0.05) is 18.5 Å². The Balaban J connectivity index is 2.49. The SMILES string of the molecule is OBOc1ccc2nccnc2c1. The van der Waals surface area contributed by atoms with E-state index in [9.17, 15) is 0 Å². The molecule has 0 atom stereocenters. The summed E-state index contributed by atoms with van der Waals surface area (Å²) >= 11 is 0. The van der Waals surface area contributed by atoms with E-state index in [1.54, 1.807) is 30.6 Å². The third-order valence-corrected chi connectivity index (χ3v) is 1.67. The molecule has 0 amide bonds. The number of fused-ring (bicyclic) bond motifs is 1. The molecule has 0 aliphatic carbocycles. The minimum Gasteiger partial charge on any atom is -0.539 e. The molecule has 0 bridgehead atoms. The topological polar surface area (TPSA) is 55.2 Å². The summed E-state index contributed by atoms with van der Waals surface area (Å²) in [5, 5.41) is 8.53. The van der Waals surface area contributed by atoms with Gasteiger partial charge in [-0.2, -0.15) is 0 Å². The van der Waals surface area contributed by atoms with Crippen molar-refractivity contribution in [1.82, 2.24) is 9.97 Å². The van der Waals surface area contributed by atoms with Gasteiger partial charge in [0.2, 0.25) is 0 Å². The number of aromatic nitrogens is 2. The van der Waals surface area contributed by atoms with Crippen molar-refractivity contribution in [2.45, 2.75) is 0 Å². The molecule has 0 spiro atoms. The molecular formula is C8H7BN2O2. The number of rotatable bonds is 2. The molecular weight excluding hydrogens is 167 g/mol. The van der Waals surface area contributed by atoms with Gasteiger partial charge in [-0.15, -0.1) is 0 Å². The maximum atomic E-state index is 8.53. The zero-order chi connectivity index (χ0) is 9.10. The van der Waals surface area contributed by atoms with E-state index in [1.165, 1.54) is 0 Å². The first-order chi connectivity index (χ1) is 6.40. The summed E-state index contributed by atoms with van der Waals surface area (Å²) in [7, 11) is -0.328. The van der Waals surface area contributed by atoms with E-state index in [-0.39, 0.29) is 7.69 Å². The largest absolute Gasteiger partial charge is 0.539 e. The highest BCUT2D eigenvalue weighted by molar-refractivity contribution is 6.17. The molecule has 5 heteroatoms. The first-order valence-electron chi connectivity index (χ1n) is 3.84. The summed E-state index contributed by atoms with van der Waals surface area (Å²) in [5.41, 5.74) is 1.57. The summed E-state index contributed by atoms with van der Waals surface area (Å²) in [6, 6.07) is 5.28. The van der Waals surface area contributed by atoms with Gasteiger partial charge < -0.3 is 9.68 Å². The first kappa shape index (κ1) is 8.00. The Morgan fingerprint density at radius 2 is 1.92 bits per heavy atom. The Labute approximate surface area is 75.5 Å². The molecule has 1 aromatic carbocycles. The molecule has 13 heavy (non-hydrogen) atoms. The van der Waals surface area contributed by atoms with Gasteiger partial charge in [-0.05, 0) is 12.1 Å². The first-order valence-corrected chi connectivity index (χ1v) is 3.84. The predicted molar refractivity (Wildman–Crippen MR) is 49.5 cm³/mol. The second-order valence-corrected chi connectivity index (χ2v) is 2.48. The van der Waals surface area contributed by atoms with Crippen molar-refractivity contribution < 1.29 is 9.68 Å². The van der Waals surface area contributed by atoms with Crippen LogP contribution in [0, 0.1) is 0 Å². The number of hydrogen-bond acceptors (Lipinski definition) is 4. The van der Waals surface area contributed by atoms with E-state index in [2.05, 4.69) is 9.97 Å². The second kappa shape index (κ2) is 3.41. The zero-order valence-corrected chi connectivity index (χ0v) is 6.84. The van der Waals surface area contributed by atoms with Crippen molar-refractivity contribution in [3.8, 4) is 5.75 Å². The standard InChI is InChI=1S/C8H7BN2O2/c12-9-13-6-1-2-7-8(5-6)11-4-3-10-7/h1-5,9,12H. The molecule has 2 aromatic rings. The molecule has 1 N–H and O–H groups in total. The Kier molecular flexibility index (Phi) is 2.10. The van der Waals surface area contributed by atoms with E-state index >= 15 is 0 Å². The highest BCUT2D eigenvalue weighted by Gasteiger charge is 1.97. The molecule has 0 saturated carbocycles. The Hall–Kier alpha value is -1.62. The van der Waals surface area contributed by atoms with Crippen LogP contribution in [-0.4, -0.2) is 22.7 Å². The van der Waals surface area contributed by atoms with Crippen LogP contribution in [-0.2, 0) is 0 Å². The Morgan fingerprint density at radius 1 is 1.15 bits per heavy atom. The summed E-state index contributed by atoms with van der Waals surface area (Å²) in [6.45, 7) is 0. The van der Waals surface area contributed by atoms with Crippen molar-refractivity contribution in [2.24, 2.45) is 0 Å². The highest BCUT2D eigenvalue weighted by atomic mass is 16.5. The second-order valence-electron chi connectivity index (χ2n) is 2.48. The third-order valence-electron chi connectivity index (χ3n) is 1.67. The van der Waals surface area contributed by atoms with Crippen LogP contribution in [0.4, 0.5) is 0 Å². The summed E-state index contributed by atoms with van der Waals surface area (Å²) in [4.78, 5) is 8.20. The zero-order valence-electron chi connectivity index (χ0n) is 6.84. The third kappa shape index (κ3) is 1.60. The molecule has 0 fully saturated rings. The fourth-order valence-corrected chi connectivity index (χ4v) is 1.11. The van der Waals surface area contributed by atoms with Gasteiger partial charge in [0.05, 0.1) is 11.0 Å². The molecule has 2 rings (SSSR count). The highest BCUT2D eigenvalue weighted by Crippen LogP contribution is 2.16. The molecule has 0 radical (unpaired) electrons. The van der Waals surface area contributed by atoms with Gasteiger partial charge in [0.15, 0.2) is 0 Å². The average Bonchev–Trinajstić information content (AvgIpc) is 2.18. The van der Waals surface area contributed by atoms with Crippen LogP contribution in [0.1, 0.15) is 0 Å². The lowest BCUT2D eigenvalue weighted by atomic mass is 10.2. The number of hydrogen-bond donors (Lipinski definition) is 1. The lowest BCUT2D eigenvalue weighted by molar-refractivity contribution is 0.454. The molecule has 0 aliphatic rings. The van der Waals surface area contributed by atoms with Crippen LogP contribution in [0.5, 0.6) is 5.75 Å². The van der Waals surface area contributed by atoms with E-state index < -0.39 is 0 Å². The van der Waals surface area contributed by atoms with Crippen molar-refractivity contribution >= 4 is 18.7 Å². The maximum absolute atomic E-state index is 8.53. The van der Waals surface area contributed by atoms with Crippen LogP contribution in [0.25, 0.3) is 11.0 Å². The van der Waals surface area contributed by atoms with Crippen molar-refractivity contribution in [1.29, 1.82) is 0 Å². The quantitative estimate of drug-likeness (QED) is 0.663. The van der Waals surface area contributed by atoms with Crippen LogP contribution in [0.3, 0.4) is 0 Å². The summed E-state index contributed by atoms with van der Waals surface area (Å²) in [6.07, 6.45) is 3.25. The van der Waals surface area contributed by atoms with Crippen LogP contribution >= 0.6 is 0 Å². The summed E-state index contributed by atoms with van der Waals surface area (Å²) < 4.78 is 4.90. The lowest BCUT2D eigenvalue weighted by Crippen LogP contribution is -1.99. The van der Waals surface area contributed by atoms with E-state index in [4.69, 9.17) is 9.68 Å². The minimum absolute atomic E-state index is 0.328. The summed E-state index contributed by atoms with van der Waals surface area (Å²) in [5.74, 6) is 0.593. The lowest BCUT2D eigenvalue weighted by Gasteiger charge is -2.01. The molecule has 4 nitrogen and oxygen atoms in total. The van der Waals surface area contributed by atoms with Crippen LogP contribution in [0.15, 0.2) is 30.6 Å². The van der Waals surface area contributed by atoms with Gasteiger partial charge in [-0.1, -0.05) is 0 Å². The van der Waals surface area contributed by atoms with E-state index in [1.807, 2.05) is 0 Å². The molecule has 0 saturated heterocycles. The van der Waals surface area contributed by atoms with Crippen LogP contribution < -0.4 is 4.65 Å².